The van der Waals surface area contributed by atoms with Crippen molar-refractivity contribution in [1.29, 1.82) is 0 Å². The number of carbonyl (C=O) groups excluding carboxylic acids is 3. The van der Waals surface area contributed by atoms with E-state index in [1.807, 2.05) is 61.5 Å². The number of fused-ring (bicyclic) bond motifs is 1. The normalized spacial score (nSPS) is 14.7. The number of anilines is 1. The number of para-hydroxylation sites is 1. The number of benzene rings is 3. The van der Waals surface area contributed by atoms with Crippen molar-refractivity contribution in [2.75, 3.05) is 19.0 Å². The molecule has 4 amide bonds. The molecule has 1 fully saturated rings. The molecule has 2 N–H and O–H groups in total. The van der Waals surface area contributed by atoms with Crippen molar-refractivity contribution < 1.29 is 19.1 Å². The third-order valence-electron chi connectivity index (χ3n) is 5.37. The molecule has 0 atom stereocenters. The van der Waals surface area contributed by atoms with E-state index in [-0.39, 0.29) is 12.2 Å². The highest BCUT2D eigenvalue weighted by Crippen LogP contribution is 2.30. The maximum absolute atomic E-state index is 12.9. The number of imide groups is 1. The van der Waals surface area contributed by atoms with E-state index in [1.54, 1.807) is 19.3 Å². The van der Waals surface area contributed by atoms with Gasteiger partial charge in [-0.05, 0) is 41.1 Å². The summed E-state index contributed by atoms with van der Waals surface area (Å²) in [5, 5.41) is 7.14. The van der Waals surface area contributed by atoms with Gasteiger partial charge in [0.25, 0.3) is 5.91 Å². The standard InChI is InChI=1S/C25H23N3O4/c1-3-16-8-4-7-11-20(16)26-23(29)15-28-24(30)21(27-25(28)31)14-17-12-13-22(32-2)19-10-6-5-9-18(17)19/h4-14H,3,15H2,1-2H3,(H,26,29)(H,27,31)/b21-14+. The fourth-order valence-electron chi connectivity index (χ4n) is 3.75. The molecule has 3 aromatic carbocycles. The van der Waals surface area contributed by atoms with Crippen LogP contribution in [0, 0.1) is 0 Å². The number of ether oxygens (including phenoxy) is 1. The Morgan fingerprint density at radius 2 is 1.75 bits per heavy atom. The SMILES string of the molecule is CCc1ccccc1NC(=O)CN1C(=O)N/C(=C/c2ccc(OC)c3ccccc23)C1=O. The van der Waals surface area contributed by atoms with Gasteiger partial charge in [0.2, 0.25) is 5.91 Å². The van der Waals surface area contributed by atoms with Crippen molar-refractivity contribution in [3.63, 3.8) is 0 Å². The van der Waals surface area contributed by atoms with Crippen LogP contribution >= 0.6 is 0 Å². The van der Waals surface area contributed by atoms with Crippen LogP contribution < -0.4 is 15.4 Å². The van der Waals surface area contributed by atoms with Crippen LogP contribution in [0.1, 0.15) is 18.1 Å². The van der Waals surface area contributed by atoms with E-state index in [2.05, 4.69) is 10.6 Å². The zero-order valence-corrected chi connectivity index (χ0v) is 17.8. The average molecular weight is 429 g/mol. The molecule has 3 aromatic rings. The van der Waals surface area contributed by atoms with Crippen molar-refractivity contribution >= 4 is 40.4 Å². The molecule has 162 valence electrons. The van der Waals surface area contributed by atoms with Crippen molar-refractivity contribution in [2.45, 2.75) is 13.3 Å². The lowest BCUT2D eigenvalue weighted by molar-refractivity contribution is -0.127. The smallest absolute Gasteiger partial charge is 0.329 e. The van der Waals surface area contributed by atoms with Crippen LogP contribution in [-0.4, -0.2) is 36.4 Å². The Hall–Kier alpha value is -4.13. The first-order valence-electron chi connectivity index (χ1n) is 10.3. The molecule has 0 unspecified atom stereocenters. The number of carbonyl (C=O) groups is 3. The van der Waals surface area contributed by atoms with Gasteiger partial charge in [-0.25, -0.2) is 9.69 Å². The summed E-state index contributed by atoms with van der Waals surface area (Å²) in [7, 11) is 1.60. The second-order valence-corrected chi connectivity index (χ2v) is 7.34. The molecular weight excluding hydrogens is 406 g/mol. The number of nitrogens with zero attached hydrogens (tertiary/aromatic N) is 1. The maximum Gasteiger partial charge on any atom is 0.329 e. The number of amides is 4. The van der Waals surface area contributed by atoms with Crippen LogP contribution in [-0.2, 0) is 16.0 Å². The molecule has 0 aromatic heterocycles. The van der Waals surface area contributed by atoms with Gasteiger partial charge < -0.3 is 15.4 Å². The first kappa shape index (κ1) is 21.1. The summed E-state index contributed by atoms with van der Waals surface area (Å²) in [6, 6.07) is 18.1. The molecule has 4 rings (SSSR count). The number of rotatable bonds is 6. The minimum Gasteiger partial charge on any atom is -0.496 e. The summed E-state index contributed by atoms with van der Waals surface area (Å²) < 4.78 is 5.41. The van der Waals surface area contributed by atoms with Gasteiger partial charge in [0.15, 0.2) is 0 Å². The monoisotopic (exact) mass is 429 g/mol. The fraction of sp³-hybridized carbons (Fsp3) is 0.160. The number of urea groups is 1. The highest BCUT2D eigenvalue weighted by molar-refractivity contribution is 6.16. The lowest BCUT2D eigenvalue weighted by Gasteiger charge is -2.13. The highest BCUT2D eigenvalue weighted by Gasteiger charge is 2.35. The van der Waals surface area contributed by atoms with Crippen LogP contribution in [0.25, 0.3) is 16.8 Å². The van der Waals surface area contributed by atoms with Crippen molar-refractivity contribution in [1.82, 2.24) is 10.2 Å². The molecular formula is C25H23N3O4. The van der Waals surface area contributed by atoms with E-state index in [0.717, 1.165) is 39.0 Å². The van der Waals surface area contributed by atoms with Crippen LogP contribution in [0.3, 0.4) is 0 Å². The summed E-state index contributed by atoms with van der Waals surface area (Å²) in [5.41, 5.74) is 2.53. The predicted molar refractivity (Wildman–Crippen MR) is 123 cm³/mol. The van der Waals surface area contributed by atoms with E-state index in [4.69, 9.17) is 4.74 Å². The minimum atomic E-state index is -0.627. The molecule has 0 spiro atoms. The van der Waals surface area contributed by atoms with Gasteiger partial charge >= 0.3 is 6.03 Å². The van der Waals surface area contributed by atoms with Gasteiger partial charge in [0, 0.05) is 11.1 Å². The molecule has 0 aliphatic carbocycles. The molecule has 0 saturated carbocycles. The molecule has 1 aliphatic rings. The molecule has 0 bridgehead atoms. The van der Waals surface area contributed by atoms with E-state index in [0.29, 0.717) is 5.69 Å². The van der Waals surface area contributed by atoms with Crippen LogP contribution in [0.15, 0.2) is 66.4 Å². The molecule has 1 aliphatic heterocycles. The highest BCUT2D eigenvalue weighted by atomic mass is 16.5. The Labute approximate surface area is 185 Å². The second kappa shape index (κ2) is 8.93. The summed E-state index contributed by atoms with van der Waals surface area (Å²) in [6.07, 6.45) is 2.37. The largest absolute Gasteiger partial charge is 0.496 e. The first-order valence-corrected chi connectivity index (χ1v) is 10.3. The molecule has 32 heavy (non-hydrogen) atoms. The Morgan fingerprint density at radius 1 is 1.03 bits per heavy atom. The first-order chi connectivity index (χ1) is 15.5. The molecule has 7 heteroatoms. The number of hydrogen-bond acceptors (Lipinski definition) is 4. The minimum absolute atomic E-state index is 0.118. The molecule has 1 saturated heterocycles. The number of hydrogen-bond donors (Lipinski definition) is 2. The number of methoxy groups -OCH3 is 1. The third kappa shape index (κ3) is 4.05. The van der Waals surface area contributed by atoms with Crippen LogP contribution in [0.2, 0.25) is 0 Å². The summed E-state index contributed by atoms with van der Waals surface area (Å²) in [4.78, 5) is 38.7. The second-order valence-electron chi connectivity index (χ2n) is 7.34. The van der Waals surface area contributed by atoms with Crippen molar-refractivity contribution in [2.24, 2.45) is 0 Å². The predicted octanol–water partition coefficient (Wildman–Crippen LogP) is 3.94. The van der Waals surface area contributed by atoms with E-state index in [9.17, 15) is 14.4 Å². The van der Waals surface area contributed by atoms with Gasteiger partial charge in [-0.1, -0.05) is 55.5 Å². The fourth-order valence-corrected chi connectivity index (χ4v) is 3.75. The zero-order valence-electron chi connectivity index (χ0n) is 17.8. The van der Waals surface area contributed by atoms with Crippen LogP contribution in [0.4, 0.5) is 10.5 Å². The maximum atomic E-state index is 12.9. The van der Waals surface area contributed by atoms with Gasteiger partial charge in [0.05, 0.1) is 7.11 Å². The van der Waals surface area contributed by atoms with Crippen LogP contribution in [0.5, 0.6) is 5.75 Å². The Morgan fingerprint density at radius 3 is 2.50 bits per heavy atom. The zero-order chi connectivity index (χ0) is 22.7. The average Bonchev–Trinajstić information content (AvgIpc) is 3.07. The lowest BCUT2D eigenvalue weighted by atomic mass is 10.0. The molecule has 1 heterocycles. The summed E-state index contributed by atoms with van der Waals surface area (Å²) >= 11 is 0. The summed E-state index contributed by atoms with van der Waals surface area (Å²) in [6.45, 7) is 1.62. The number of nitrogens with one attached hydrogen (secondary N) is 2. The van der Waals surface area contributed by atoms with E-state index < -0.39 is 17.8 Å². The lowest BCUT2D eigenvalue weighted by Crippen LogP contribution is -2.38. The van der Waals surface area contributed by atoms with Gasteiger partial charge in [0.1, 0.15) is 18.0 Å². The van der Waals surface area contributed by atoms with E-state index in [1.165, 1.54) is 0 Å². The van der Waals surface area contributed by atoms with E-state index >= 15 is 0 Å². The molecule has 7 nitrogen and oxygen atoms in total. The summed E-state index contributed by atoms with van der Waals surface area (Å²) in [5.74, 6) is -0.269. The van der Waals surface area contributed by atoms with Gasteiger partial charge in [-0.2, -0.15) is 0 Å². The van der Waals surface area contributed by atoms with Crippen molar-refractivity contribution in [3.8, 4) is 5.75 Å². The Balaban J connectivity index is 1.55. The topological polar surface area (TPSA) is 87.7 Å². The Bertz CT molecular complexity index is 1250. The Kier molecular flexibility index (Phi) is 5.89. The quantitative estimate of drug-likeness (QED) is 0.459. The van der Waals surface area contributed by atoms with Crippen molar-refractivity contribution in [3.05, 3.63) is 77.5 Å². The number of aryl methyl sites for hydroxylation is 1. The van der Waals surface area contributed by atoms with Gasteiger partial charge in [-0.3, -0.25) is 9.59 Å². The molecule has 0 radical (unpaired) electrons. The third-order valence-corrected chi connectivity index (χ3v) is 5.37. The van der Waals surface area contributed by atoms with Gasteiger partial charge in [-0.15, -0.1) is 0 Å².